The van der Waals surface area contributed by atoms with Crippen molar-refractivity contribution in [3.63, 3.8) is 0 Å². The summed E-state index contributed by atoms with van der Waals surface area (Å²) in [6, 6.07) is 5.79. The lowest BCUT2D eigenvalue weighted by Gasteiger charge is -2.22. The summed E-state index contributed by atoms with van der Waals surface area (Å²) in [4.78, 5) is 11.6. The third-order valence-electron chi connectivity index (χ3n) is 4.04. The van der Waals surface area contributed by atoms with Crippen molar-refractivity contribution in [1.82, 2.24) is 0 Å². The van der Waals surface area contributed by atoms with Crippen LogP contribution in [-0.2, 0) is 4.79 Å². The lowest BCUT2D eigenvalue weighted by Crippen LogP contribution is -2.17. The van der Waals surface area contributed by atoms with E-state index >= 15 is 0 Å². The van der Waals surface area contributed by atoms with Gasteiger partial charge in [-0.3, -0.25) is 4.79 Å². The topological polar surface area (TPSA) is 64.4 Å². The molecule has 4 heteroatoms. The fourth-order valence-corrected chi connectivity index (χ4v) is 2.75. The molecule has 0 saturated heterocycles. The minimum Gasteiger partial charge on any atom is -0.493 e. The third-order valence-corrected chi connectivity index (χ3v) is 4.04. The number of benzene rings is 1. The smallest absolute Gasteiger partial charge is 0.225 e. The van der Waals surface area contributed by atoms with Gasteiger partial charge in [-0.15, -0.1) is 0 Å². The maximum absolute atomic E-state index is 11.6. The standard InChI is InChI=1S/C17H26N2O2/c1-13-7-8-15(19-17(20)9-10-18)11-16(13)21-12-14-5-3-2-4-6-14/h7-8,11,14H,2-6,9-10,12,18H2,1H3,(H,19,20). The fourth-order valence-electron chi connectivity index (χ4n) is 2.75. The number of amides is 1. The molecule has 0 bridgehead atoms. The molecule has 0 heterocycles. The summed E-state index contributed by atoms with van der Waals surface area (Å²) in [5.74, 6) is 1.49. The molecule has 21 heavy (non-hydrogen) atoms. The number of hydrogen-bond donors (Lipinski definition) is 2. The molecule has 1 aromatic carbocycles. The first-order chi connectivity index (χ1) is 10.2. The first kappa shape index (κ1) is 15.8. The predicted octanol–water partition coefficient (Wildman–Crippen LogP) is 3.24. The summed E-state index contributed by atoms with van der Waals surface area (Å²) < 4.78 is 5.98. The molecule has 0 unspecified atom stereocenters. The van der Waals surface area contributed by atoms with E-state index in [0.717, 1.165) is 23.6 Å². The van der Waals surface area contributed by atoms with Gasteiger partial charge in [-0.05, 0) is 37.3 Å². The molecule has 4 nitrogen and oxygen atoms in total. The van der Waals surface area contributed by atoms with Gasteiger partial charge in [-0.1, -0.05) is 25.3 Å². The Labute approximate surface area is 127 Å². The number of carbonyl (C=O) groups is 1. The second-order valence-electron chi connectivity index (χ2n) is 5.88. The quantitative estimate of drug-likeness (QED) is 0.845. The van der Waals surface area contributed by atoms with Crippen molar-refractivity contribution in [3.05, 3.63) is 23.8 Å². The Kier molecular flexibility index (Phi) is 6.05. The number of nitrogens with one attached hydrogen (secondary N) is 1. The van der Waals surface area contributed by atoms with Gasteiger partial charge in [-0.2, -0.15) is 0 Å². The molecule has 1 saturated carbocycles. The summed E-state index contributed by atoms with van der Waals surface area (Å²) in [6.07, 6.45) is 6.88. The van der Waals surface area contributed by atoms with Crippen LogP contribution in [0.4, 0.5) is 5.69 Å². The zero-order chi connectivity index (χ0) is 15.1. The number of anilines is 1. The molecule has 0 spiro atoms. The van der Waals surface area contributed by atoms with E-state index in [4.69, 9.17) is 10.5 Å². The zero-order valence-electron chi connectivity index (χ0n) is 12.9. The van der Waals surface area contributed by atoms with E-state index in [1.54, 1.807) is 0 Å². The van der Waals surface area contributed by atoms with Gasteiger partial charge in [0.2, 0.25) is 5.91 Å². The number of aryl methyl sites for hydroxylation is 1. The second kappa shape index (κ2) is 8.03. The molecule has 1 aliphatic rings. The van der Waals surface area contributed by atoms with E-state index in [-0.39, 0.29) is 5.91 Å². The zero-order valence-corrected chi connectivity index (χ0v) is 12.9. The highest BCUT2D eigenvalue weighted by atomic mass is 16.5. The highest BCUT2D eigenvalue weighted by Crippen LogP contribution is 2.27. The molecule has 0 aliphatic heterocycles. The number of nitrogens with two attached hydrogens (primary N) is 1. The van der Waals surface area contributed by atoms with E-state index < -0.39 is 0 Å². The molecule has 1 aliphatic carbocycles. The number of ether oxygens (including phenoxy) is 1. The minimum absolute atomic E-state index is 0.0559. The largest absolute Gasteiger partial charge is 0.493 e. The summed E-state index contributed by atoms with van der Waals surface area (Å²) >= 11 is 0. The Balaban J connectivity index is 1.93. The van der Waals surface area contributed by atoms with Crippen molar-refractivity contribution in [1.29, 1.82) is 0 Å². The summed E-state index contributed by atoms with van der Waals surface area (Å²) in [7, 11) is 0. The van der Waals surface area contributed by atoms with Crippen LogP contribution in [0, 0.1) is 12.8 Å². The van der Waals surface area contributed by atoms with Gasteiger partial charge >= 0.3 is 0 Å². The third kappa shape index (κ3) is 5.05. The summed E-state index contributed by atoms with van der Waals surface area (Å²) in [5.41, 5.74) is 7.26. The van der Waals surface area contributed by atoms with E-state index in [0.29, 0.717) is 18.9 Å². The van der Waals surface area contributed by atoms with Crippen LogP contribution >= 0.6 is 0 Å². The SMILES string of the molecule is Cc1ccc(NC(=O)CCN)cc1OCC1CCCCC1. The Hall–Kier alpha value is -1.55. The van der Waals surface area contributed by atoms with Crippen LogP contribution in [0.5, 0.6) is 5.75 Å². The van der Waals surface area contributed by atoms with Crippen LogP contribution in [0.3, 0.4) is 0 Å². The van der Waals surface area contributed by atoms with Crippen LogP contribution in [-0.4, -0.2) is 19.1 Å². The van der Waals surface area contributed by atoms with Gasteiger partial charge in [0.1, 0.15) is 5.75 Å². The molecular weight excluding hydrogens is 264 g/mol. The molecule has 0 aromatic heterocycles. The van der Waals surface area contributed by atoms with Gasteiger partial charge in [0.25, 0.3) is 0 Å². The average molecular weight is 290 g/mol. The monoisotopic (exact) mass is 290 g/mol. The van der Waals surface area contributed by atoms with Crippen molar-refractivity contribution in [2.75, 3.05) is 18.5 Å². The lowest BCUT2D eigenvalue weighted by atomic mass is 9.90. The molecule has 1 aromatic rings. The van der Waals surface area contributed by atoms with Crippen LogP contribution in [0.2, 0.25) is 0 Å². The van der Waals surface area contributed by atoms with Gasteiger partial charge in [0.15, 0.2) is 0 Å². The maximum atomic E-state index is 11.6. The lowest BCUT2D eigenvalue weighted by molar-refractivity contribution is -0.116. The van der Waals surface area contributed by atoms with E-state index in [9.17, 15) is 4.79 Å². The second-order valence-corrected chi connectivity index (χ2v) is 5.88. The number of carbonyl (C=O) groups excluding carboxylic acids is 1. The Bertz CT molecular complexity index is 468. The van der Waals surface area contributed by atoms with Gasteiger partial charge in [0, 0.05) is 24.7 Å². The van der Waals surface area contributed by atoms with Crippen molar-refractivity contribution < 1.29 is 9.53 Å². The molecule has 0 atom stereocenters. The molecule has 0 radical (unpaired) electrons. The number of rotatable bonds is 6. The van der Waals surface area contributed by atoms with Gasteiger partial charge in [-0.25, -0.2) is 0 Å². The molecule has 2 rings (SSSR count). The van der Waals surface area contributed by atoms with Crippen LogP contribution in [0.1, 0.15) is 44.1 Å². The van der Waals surface area contributed by atoms with Crippen LogP contribution in [0.15, 0.2) is 18.2 Å². The summed E-state index contributed by atoms with van der Waals surface area (Å²) in [5, 5.41) is 2.85. The summed E-state index contributed by atoms with van der Waals surface area (Å²) in [6.45, 7) is 3.17. The molecular formula is C17H26N2O2. The highest BCUT2D eigenvalue weighted by molar-refractivity contribution is 5.91. The van der Waals surface area contributed by atoms with Crippen LogP contribution < -0.4 is 15.8 Å². The van der Waals surface area contributed by atoms with Crippen molar-refractivity contribution >= 4 is 11.6 Å². The molecule has 3 N–H and O–H groups in total. The van der Waals surface area contributed by atoms with Crippen molar-refractivity contribution in [3.8, 4) is 5.75 Å². The van der Waals surface area contributed by atoms with Crippen LogP contribution in [0.25, 0.3) is 0 Å². The normalized spacial score (nSPS) is 15.7. The molecule has 116 valence electrons. The Morgan fingerprint density at radius 1 is 1.33 bits per heavy atom. The van der Waals surface area contributed by atoms with E-state index in [2.05, 4.69) is 5.32 Å². The average Bonchev–Trinajstić information content (AvgIpc) is 2.49. The highest BCUT2D eigenvalue weighted by Gasteiger charge is 2.14. The predicted molar refractivity (Wildman–Crippen MR) is 85.6 cm³/mol. The van der Waals surface area contributed by atoms with E-state index in [1.807, 2.05) is 25.1 Å². The fraction of sp³-hybridized carbons (Fsp3) is 0.588. The van der Waals surface area contributed by atoms with Gasteiger partial charge < -0.3 is 15.8 Å². The minimum atomic E-state index is -0.0559. The Morgan fingerprint density at radius 2 is 2.10 bits per heavy atom. The Morgan fingerprint density at radius 3 is 2.81 bits per heavy atom. The molecule has 1 fully saturated rings. The van der Waals surface area contributed by atoms with Crippen molar-refractivity contribution in [2.45, 2.75) is 45.4 Å². The maximum Gasteiger partial charge on any atom is 0.225 e. The van der Waals surface area contributed by atoms with Crippen molar-refractivity contribution in [2.24, 2.45) is 11.7 Å². The molecule has 1 amide bonds. The first-order valence-corrected chi connectivity index (χ1v) is 7.92. The van der Waals surface area contributed by atoms with E-state index in [1.165, 1.54) is 32.1 Å². The first-order valence-electron chi connectivity index (χ1n) is 7.92. The van der Waals surface area contributed by atoms with Gasteiger partial charge in [0.05, 0.1) is 6.61 Å². The number of hydrogen-bond acceptors (Lipinski definition) is 3.